The van der Waals surface area contributed by atoms with Gasteiger partial charge in [-0.05, 0) is 49.9 Å². The van der Waals surface area contributed by atoms with E-state index in [-0.39, 0.29) is 6.04 Å². The Morgan fingerprint density at radius 3 is 2.60 bits per heavy atom. The largest absolute Gasteiger partial charge is 0.327 e. The molecule has 2 aromatic rings. The lowest BCUT2D eigenvalue weighted by molar-refractivity contribution is 0.658. The molecule has 0 amide bonds. The number of nitrogens with zero attached hydrogens (tertiary/aromatic N) is 2. The zero-order chi connectivity index (χ0) is 14.9. The molecule has 0 aliphatic heterocycles. The second-order valence-electron chi connectivity index (χ2n) is 5.18. The van der Waals surface area contributed by atoms with Crippen LogP contribution in [0, 0.1) is 13.8 Å². The van der Waals surface area contributed by atoms with E-state index in [1.165, 1.54) is 11.3 Å². The van der Waals surface area contributed by atoms with E-state index in [1.54, 1.807) is 0 Å². The molecule has 1 aromatic carbocycles. The van der Waals surface area contributed by atoms with E-state index in [0.29, 0.717) is 0 Å². The predicted molar refractivity (Wildman–Crippen MR) is 87.2 cm³/mol. The summed E-state index contributed by atoms with van der Waals surface area (Å²) in [6, 6.07) is 5.96. The molecule has 3 nitrogen and oxygen atoms in total. The third-order valence-corrected chi connectivity index (χ3v) is 4.47. The molecule has 0 saturated carbocycles. The second-order valence-corrected chi connectivity index (χ2v) is 6.50. The van der Waals surface area contributed by atoms with Crippen molar-refractivity contribution in [3.8, 4) is 0 Å². The van der Waals surface area contributed by atoms with Crippen LogP contribution in [-0.2, 0) is 19.9 Å². The van der Waals surface area contributed by atoms with Crippen LogP contribution in [0.4, 0.5) is 0 Å². The van der Waals surface area contributed by atoms with E-state index in [2.05, 4.69) is 28.0 Å². The minimum atomic E-state index is 0.0373. The highest BCUT2D eigenvalue weighted by Gasteiger charge is 2.14. The van der Waals surface area contributed by atoms with Crippen LogP contribution in [0.3, 0.4) is 0 Å². The molecule has 0 aliphatic carbocycles. The minimum Gasteiger partial charge on any atom is -0.327 e. The van der Waals surface area contributed by atoms with Crippen molar-refractivity contribution < 1.29 is 0 Å². The van der Waals surface area contributed by atoms with Crippen molar-refractivity contribution in [1.82, 2.24) is 9.78 Å². The summed E-state index contributed by atoms with van der Waals surface area (Å²) in [5.41, 5.74) is 10.9. The summed E-state index contributed by atoms with van der Waals surface area (Å²) in [4.78, 5) is 0. The normalized spacial score (nSPS) is 12.7. The molecule has 1 atom stereocenters. The number of aromatic nitrogens is 2. The first-order valence-corrected chi connectivity index (χ1v) is 7.74. The smallest absolute Gasteiger partial charge is 0.0628 e. The van der Waals surface area contributed by atoms with E-state index < -0.39 is 0 Å². The molecule has 1 heterocycles. The first kappa shape index (κ1) is 15.5. The number of hydrogen-bond acceptors (Lipinski definition) is 2. The highest BCUT2D eigenvalue weighted by atomic mass is 79.9. The van der Waals surface area contributed by atoms with Crippen LogP contribution in [0.1, 0.15) is 22.5 Å². The van der Waals surface area contributed by atoms with Crippen LogP contribution in [0.5, 0.6) is 0 Å². The number of benzene rings is 1. The number of halogens is 2. The first-order valence-electron chi connectivity index (χ1n) is 6.57. The fourth-order valence-electron chi connectivity index (χ4n) is 2.42. The summed E-state index contributed by atoms with van der Waals surface area (Å²) in [5, 5.41) is 5.19. The highest BCUT2D eigenvalue weighted by Crippen LogP contribution is 2.23. The molecule has 20 heavy (non-hydrogen) atoms. The van der Waals surface area contributed by atoms with Gasteiger partial charge in [0.15, 0.2) is 0 Å². The average Bonchev–Trinajstić information content (AvgIpc) is 2.60. The highest BCUT2D eigenvalue weighted by molar-refractivity contribution is 9.10. The van der Waals surface area contributed by atoms with Crippen LogP contribution in [0.15, 0.2) is 22.7 Å². The Morgan fingerprint density at radius 2 is 2.05 bits per heavy atom. The maximum atomic E-state index is 6.28. The molecule has 2 N–H and O–H groups in total. The summed E-state index contributed by atoms with van der Waals surface area (Å²) < 4.78 is 2.89. The van der Waals surface area contributed by atoms with Gasteiger partial charge >= 0.3 is 0 Å². The number of rotatable bonds is 4. The molecule has 0 radical (unpaired) electrons. The summed E-state index contributed by atoms with van der Waals surface area (Å²) in [6.45, 7) is 4.11. The Balaban J connectivity index is 2.11. The van der Waals surface area contributed by atoms with Gasteiger partial charge in [-0.15, -0.1) is 0 Å². The Hall–Kier alpha value is -0.840. The standard InChI is InChI=1S/C15H19BrClN3/c1-9-14(10(2)20(3)19-9)8-13(18)6-11-4-5-12(16)7-15(11)17/h4-5,7,13H,6,8,18H2,1-3H3. The summed E-state index contributed by atoms with van der Waals surface area (Å²) >= 11 is 9.65. The fraction of sp³-hybridized carbons (Fsp3) is 0.400. The predicted octanol–water partition coefficient (Wildman–Crippen LogP) is 3.57. The third kappa shape index (κ3) is 3.43. The van der Waals surface area contributed by atoms with Crippen molar-refractivity contribution in [3.05, 3.63) is 50.2 Å². The first-order chi connectivity index (χ1) is 9.38. The Kier molecular flexibility index (Phi) is 4.89. The van der Waals surface area contributed by atoms with Gasteiger partial charge in [-0.2, -0.15) is 5.10 Å². The summed E-state index contributed by atoms with van der Waals surface area (Å²) in [7, 11) is 1.96. The lowest BCUT2D eigenvalue weighted by Gasteiger charge is -2.13. The molecule has 0 bridgehead atoms. The minimum absolute atomic E-state index is 0.0373. The van der Waals surface area contributed by atoms with Gasteiger partial charge in [0.1, 0.15) is 0 Å². The van der Waals surface area contributed by atoms with Crippen molar-refractivity contribution in [1.29, 1.82) is 0 Å². The van der Waals surface area contributed by atoms with Crippen LogP contribution in [0.2, 0.25) is 5.02 Å². The molecule has 108 valence electrons. The molecule has 0 spiro atoms. The number of nitrogens with two attached hydrogens (primary N) is 1. The quantitative estimate of drug-likeness (QED) is 0.910. The second kappa shape index (κ2) is 6.29. The summed E-state index contributed by atoms with van der Waals surface area (Å²) in [5.74, 6) is 0. The van der Waals surface area contributed by atoms with Crippen LogP contribution in [-0.4, -0.2) is 15.8 Å². The molecule has 1 unspecified atom stereocenters. The van der Waals surface area contributed by atoms with Gasteiger partial charge < -0.3 is 5.73 Å². The Bertz CT molecular complexity index is 622. The maximum Gasteiger partial charge on any atom is 0.0628 e. The van der Waals surface area contributed by atoms with Gasteiger partial charge in [-0.1, -0.05) is 33.6 Å². The third-order valence-electron chi connectivity index (χ3n) is 3.62. The van der Waals surface area contributed by atoms with Gasteiger partial charge in [-0.25, -0.2) is 0 Å². The van der Waals surface area contributed by atoms with Crippen LogP contribution < -0.4 is 5.73 Å². The Morgan fingerprint density at radius 1 is 1.35 bits per heavy atom. The van der Waals surface area contributed by atoms with Crippen molar-refractivity contribution in [3.63, 3.8) is 0 Å². The average molecular weight is 357 g/mol. The van der Waals surface area contributed by atoms with E-state index >= 15 is 0 Å². The van der Waals surface area contributed by atoms with E-state index in [0.717, 1.165) is 33.6 Å². The lowest BCUT2D eigenvalue weighted by Crippen LogP contribution is -2.26. The van der Waals surface area contributed by atoms with Crippen LogP contribution >= 0.6 is 27.5 Å². The molecule has 2 rings (SSSR count). The molecule has 0 aliphatic rings. The van der Waals surface area contributed by atoms with E-state index in [1.807, 2.05) is 36.9 Å². The van der Waals surface area contributed by atoms with Gasteiger partial charge in [0.2, 0.25) is 0 Å². The van der Waals surface area contributed by atoms with Crippen molar-refractivity contribution in [2.75, 3.05) is 0 Å². The maximum absolute atomic E-state index is 6.28. The molecule has 1 aromatic heterocycles. The fourth-order valence-corrected chi connectivity index (χ4v) is 3.17. The van der Waals surface area contributed by atoms with Gasteiger partial charge in [-0.3, -0.25) is 4.68 Å². The van der Waals surface area contributed by atoms with Crippen molar-refractivity contribution in [2.24, 2.45) is 12.8 Å². The van der Waals surface area contributed by atoms with E-state index in [9.17, 15) is 0 Å². The zero-order valence-corrected chi connectivity index (χ0v) is 14.3. The molecular weight excluding hydrogens is 338 g/mol. The molecule has 0 fully saturated rings. The number of hydrogen-bond donors (Lipinski definition) is 1. The lowest BCUT2D eigenvalue weighted by atomic mass is 9.98. The van der Waals surface area contributed by atoms with Gasteiger partial charge in [0, 0.05) is 28.3 Å². The molecular formula is C15H19BrClN3. The van der Waals surface area contributed by atoms with Crippen molar-refractivity contribution in [2.45, 2.75) is 32.7 Å². The van der Waals surface area contributed by atoms with Crippen molar-refractivity contribution >= 4 is 27.5 Å². The zero-order valence-electron chi connectivity index (χ0n) is 12.0. The summed E-state index contributed by atoms with van der Waals surface area (Å²) in [6.07, 6.45) is 1.58. The van der Waals surface area contributed by atoms with Gasteiger partial charge in [0.05, 0.1) is 5.69 Å². The van der Waals surface area contributed by atoms with Gasteiger partial charge in [0.25, 0.3) is 0 Å². The SMILES string of the molecule is Cc1nn(C)c(C)c1CC(N)Cc1ccc(Br)cc1Cl. The topological polar surface area (TPSA) is 43.8 Å². The molecule has 0 saturated heterocycles. The van der Waals surface area contributed by atoms with Crippen LogP contribution in [0.25, 0.3) is 0 Å². The monoisotopic (exact) mass is 355 g/mol. The Labute approximate surface area is 133 Å². The van der Waals surface area contributed by atoms with E-state index in [4.69, 9.17) is 17.3 Å². The molecule has 5 heteroatoms. The number of aryl methyl sites for hydroxylation is 2.